The maximum atomic E-state index is 11.4. The molecular formula is C12H11Br2N3O2S. The molecule has 20 heavy (non-hydrogen) atoms. The molecule has 0 bridgehead atoms. The highest BCUT2D eigenvalue weighted by Gasteiger charge is 2.11. The minimum absolute atomic E-state index is 0.00225. The van der Waals surface area contributed by atoms with Gasteiger partial charge in [-0.25, -0.2) is 13.6 Å². The zero-order valence-corrected chi connectivity index (χ0v) is 14.1. The molecule has 2 aromatic carbocycles. The molecule has 0 aromatic heterocycles. The van der Waals surface area contributed by atoms with E-state index < -0.39 is 10.0 Å². The Bertz CT molecular complexity index is 763. The summed E-state index contributed by atoms with van der Waals surface area (Å²) in [5.74, 6) is 0. The standard InChI is InChI=1S/C12H11Br2N3O2S/c13-7-1-4-11(9(14)5-7)17-12-6-8(20(16,18)19)2-3-10(12)15/h1-6,17H,15H2,(H2,16,18,19). The summed E-state index contributed by atoms with van der Waals surface area (Å²) in [5.41, 5.74) is 7.49. The van der Waals surface area contributed by atoms with Gasteiger partial charge >= 0.3 is 0 Å². The van der Waals surface area contributed by atoms with E-state index in [1.54, 1.807) is 0 Å². The maximum absolute atomic E-state index is 11.4. The minimum Gasteiger partial charge on any atom is -0.397 e. The number of anilines is 3. The molecule has 0 fully saturated rings. The summed E-state index contributed by atoms with van der Waals surface area (Å²) in [5, 5.41) is 8.17. The number of benzene rings is 2. The van der Waals surface area contributed by atoms with Crippen LogP contribution >= 0.6 is 31.9 Å². The lowest BCUT2D eigenvalue weighted by molar-refractivity contribution is 0.598. The van der Waals surface area contributed by atoms with E-state index in [2.05, 4.69) is 37.2 Å². The van der Waals surface area contributed by atoms with Crippen molar-refractivity contribution in [1.82, 2.24) is 0 Å². The molecule has 5 N–H and O–H groups in total. The van der Waals surface area contributed by atoms with E-state index in [4.69, 9.17) is 10.9 Å². The molecule has 0 saturated carbocycles. The Kier molecular flexibility index (Phi) is 4.38. The Morgan fingerprint density at radius 2 is 1.70 bits per heavy atom. The second-order valence-corrected chi connectivity index (χ2v) is 7.37. The summed E-state index contributed by atoms with van der Waals surface area (Å²) in [4.78, 5) is 0.00225. The topological polar surface area (TPSA) is 98.2 Å². The fourth-order valence-electron chi connectivity index (χ4n) is 1.56. The number of halogens is 2. The zero-order chi connectivity index (χ0) is 14.9. The van der Waals surface area contributed by atoms with Crippen molar-refractivity contribution in [2.75, 3.05) is 11.1 Å². The highest BCUT2D eigenvalue weighted by molar-refractivity contribution is 9.11. The van der Waals surface area contributed by atoms with Crippen LogP contribution in [0.4, 0.5) is 17.1 Å². The van der Waals surface area contributed by atoms with E-state index in [1.807, 2.05) is 18.2 Å². The molecule has 0 saturated heterocycles. The summed E-state index contributed by atoms with van der Waals surface area (Å²) >= 11 is 6.77. The van der Waals surface area contributed by atoms with E-state index in [0.29, 0.717) is 11.4 Å². The van der Waals surface area contributed by atoms with Crippen LogP contribution < -0.4 is 16.2 Å². The summed E-state index contributed by atoms with van der Waals surface area (Å²) in [6, 6.07) is 9.81. The predicted molar refractivity (Wildman–Crippen MR) is 87.4 cm³/mol. The van der Waals surface area contributed by atoms with Crippen molar-refractivity contribution in [1.29, 1.82) is 0 Å². The number of nitrogen functional groups attached to an aromatic ring is 1. The van der Waals surface area contributed by atoms with Crippen LogP contribution in [0.2, 0.25) is 0 Å². The molecule has 5 nitrogen and oxygen atoms in total. The summed E-state index contributed by atoms with van der Waals surface area (Å²) in [7, 11) is -3.77. The Labute approximate surface area is 133 Å². The molecule has 0 aliphatic heterocycles. The number of sulfonamides is 1. The highest BCUT2D eigenvalue weighted by atomic mass is 79.9. The monoisotopic (exact) mass is 419 g/mol. The largest absolute Gasteiger partial charge is 0.397 e. The maximum Gasteiger partial charge on any atom is 0.238 e. The second-order valence-electron chi connectivity index (χ2n) is 4.04. The molecule has 2 rings (SSSR count). The van der Waals surface area contributed by atoms with Gasteiger partial charge in [0.05, 0.1) is 22.0 Å². The first kappa shape index (κ1) is 15.3. The molecule has 2 aromatic rings. The minimum atomic E-state index is -3.77. The summed E-state index contributed by atoms with van der Waals surface area (Å²) in [6.45, 7) is 0. The quantitative estimate of drug-likeness (QED) is 0.664. The highest BCUT2D eigenvalue weighted by Crippen LogP contribution is 2.31. The van der Waals surface area contributed by atoms with Gasteiger partial charge in [0.15, 0.2) is 0 Å². The fraction of sp³-hybridized carbons (Fsp3) is 0. The van der Waals surface area contributed by atoms with Crippen molar-refractivity contribution >= 4 is 58.9 Å². The molecule has 0 heterocycles. The van der Waals surface area contributed by atoms with Crippen LogP contribution in [0.25, 0.3) is 0 Å². The number of primary sulfonamides is 1. The Balaban J connectivity index is 2.43. The average Bonchev–Trinajstić information content (AvgIpc) is 2.33. The van der Waals surface area contributed by atoms with Crippen molar-refractivity contribution < 1.29 is 8.42 Å². The molecule has 8 heteroatoms. The molecule has 0 aliphatic carbocycles. The molecular weight excluding hydrogens is 410 g/mol. The van der Waals surface area contributed by atoms with Crippen LogP contribution in [0.3, 0.4) is 0 Å². The van der Waals surface area contributed by atoms with E-state index in [1.165, 1.54) is 18.2 Å². The molecule has 0 aliphatic rings. The SMILES string of the molecule is Nc1ccc(S(N)(=O)=O)cc1Nc1ccc(Br)cc1Br. The van der Waals surface area contributed by atoms with Gasteiger partial charge < -0.3 is 11.1 Å². The lowest BCUT2D eigenvalue weighted by Crippen LogP contribution is -2.12. The van der Waals surface area contributed by atoms with Crippen molar-refractivity contribution in [3.05, 3.63) is 45.3 Å². The van der Waals surface area contributed by atoms with E-state index in [-0.39, 0.29) is 4.90 Å². The number of hydrogen-bond acceptors (Lipinski definition) is 4. The molecule has 106 valence electrons. The van der Waals surface area contributed by atoms with Gasteiger partial charge in [0.2, 0.25) is 10.0 Å². The first-order valence-electron chi connectivity index (χ1n) is 5.42. The Hall–Kier alpha value is -1.09. The van der Waals surface area contributed by atoms with Crippen LogP contribution in [-0.2, 0) is 10.0 Å². The van der Waals surface area contributed by atoms with Gasteiger partial charge in [0.25, 0.3) is 0 Å². The Morgan fingerprint density at radius 3 is 2.30 bits per heavy atom. The van der Waals surface area contributed by atoms with Crippen LogP contribution in [0.5, 0.6) is 0 Å². The van der Waals surface area contributed by atoms with Crippen LogP contribution in [0.1, 0.15) is 0 Å². The third-order valence-corrected chi connectivity index (χ3v) is 4.61. The molecule has 0 unspecified atom stereocenters. The summed E-state index contributed by atoms with van der Waals surface area (Å²) in [6.07, 6.45) is 0. The number of rotatable bonds is 3. The third-order valence-electron chi connectivity index (χ3n) is 2.55. The second kappa shape index (κ2) is 5.72. The van der Waals surface area contributed by atoms with Gasteiger partial charge in [-0.05, 0) is 52.3 Å². The molecule has 0 spiro atoms. The number of nitrogens with two attached hydrogens (primary N) is 2. The van der Waals surface area contributed by atoms with Gasteiger partial charge in [0.1, 0.15) is 0 Å². The van der Waals surface area contributed by atoms with Gasteiger partial charge in [-0.3, -0.25) is 0 Å². The van der Waals surface area contributed by atoms with Gasteiger partial charge in [-0.15, -0.1) is 0 Å². The zero-order valence-electron chi connectivity index (χ0n) is 10.1. The number of nitrogens with one attached hydrogen (secondary N) is 1. The van der Waals surface area contributed by atoms with Crippen LogP contribution in [-0.4, -0.2) is 8.42 Å². The smallest absolute Gasteiger partial charge is 0.238 e. The lowest BCUT2D eigenvalue weighted by atomic mass is 10.2. The van der Waals surface area contributed by atoms with Crippen molar-refractivity contribution in [2.45, 2.75) is 4.90 Å². The van der Waals surface area contributed by atoms with Crippen molar-refractivity contribution in [3.63, 3.8) is 0 Å². The van der Waals surface area contributed by atoms with Gasteiger partial charge in [0, 0.05) is 8.95 Å². The predicted octanol–water partition coefficient (Wildman–Crippen LogP) is 3.18. The van der Waals surface area contributed by atoms with Crippen LogP contribution in [0.15, 0.2) is 50.2 Å². The van der Waals surface area contributed by atoms with E-state index >= 15 is 0 Å². The Morgan fingerprint density at radius 1 is 1.00 bits per heavy atom. The van der Waals surface area contributed by atoms with E-state index in [9.17, 15) is 8.42 Å². The van der Waals surface area contributed by atoms with Crippen molar-refractivity contribution in [2.24, 2.45) is 5.14 Å². The first-order valence-corrected chi connectivity index (χ1v) is 8.55. The van der Waals surface area contributed by atoms with Gasteiger partial charge in [-0.2, -0.15) is 0 Å². The average molecular weight is 421 g/mol. The van der Waals surface area contributed by atoms with Crippen molar-refractivity contribution in [3.8, 4) is 0 Å². The first-order chi connectivity index (χ1) is 9.27. The van der Waals surface area contributed by atoms with Gasteiger partial charge in [-0.1, -0.05) is 15.9 Å². The lowest BCUT2D eigenvalue weighted by Gasteiger charge is -2.12. The van der Waals surface area contributed by atoms with Crippen LogP contribution in [0, 0.1) is 0 Å². The fourth-order valence-corrected chi connectivity index (χ4v) is 3.24. The molecule has 0 amide bonds. The normalized spacial score (nSPS) is 11.3. The molecule has 0 atom stereocenters. The molecule has 0 radical (unpaired) electrons. The third kappa shape index (κ3) is 3.51. The van der Waals surface area contributed by atoms with E-state index in [0.717, 1.165) is 14.6 Å². The summed E-state index contributed by atoms with van der Waals surface area (Å²) < 4.78 is 24.4. The number of hydrogen-bond donors (Lipinski definition) is 3.